The number of benzene rings is 1. The van der Waals surface area contributed by atoms with Crippen molar-refractivity contribution in [2.24, 2.45) is 5.73 Å². The Labute approximate surface area is 152 Å². The highest BCUT2D eigenvalue weighted by Gasteiger charge is 2.24. The van der Waals surface area contributed by atoms with Crippen molar-refractivity contribution in [3.8, 4) is 0 Å². The van der Waals surface area contributed by atoms with E-state index in [1.807, 2.05) is 6.07 Å². The van der Waals surface area contributed by atoms with Crippen LogP contribution in [0.5, 0.6) is 0 Å². The Morgan fingerprint density at radius 3 is 2.50 bits per heavy atom. The summed E-state index contributed by atoms with van der Waals surface area (Å²) in [5.74, 6) is -1.03. The molecule has 1 saturated carbocycles. The van der Waals surface area contributed by atoms with Gasteiger partial charge in [0.25, 0.3) is 5.91 Å². The molecule has 0 atom stereocenters. The minimum atomic E-state index is -0.557. The number of imide groups is 1. The van der Waals surface area contributed by atoms with Crippen molar-refractivity contribution in [3.05, 3.63) is 23.8 Å². The van der Waals surface area contributed by atoms with E-state index in [1.165, 1.54) is 6.42 Å². The number of rotatable bonds is 6. The molecule has 2 fully saturated rings. The third-order valence-corrected chi connectivity index (χ3v) is 4.59. The SMILES string of the molecule is NC(=O)c1cc(N2CCCCC2)ccc1NCC(=O)NC(=O)NC1CC1. The van der Waals surface area contributed by atoms with Gasteiger partial charge in [-0.1, -0.05) is 0 Å². The average molecular weight is 359 g/mol. The van der Waals surface area contributed by atoms with Crippen molar-refractivity contribution in [2.75, 3.05) is 29.9 Å². The number of hydrogen-bond donors (Lipinski definition) is 4. The van der Waals surface area contributed by atoms with Gasteiger partial charge in [0.15, 0.2) is 0 Å². The van der Waals surface area contributed by atoms with Crippen molar-refractivity contribution >= 4 is 29.2 Å². The Morgan fingerprint density at radius 1 is 1.12 bits per heavy atom. The zero-order valence-corrected chi connectivity index (χ0v) is 14.7. The van der Waals surface area contributed by atoms with E-state index in [0.29, 0.717) is 11.3 Å². The zero-order chi connectivity index (χ0) is 18.5. The third-order valence-electron chi connectivity index (χ3n) is 4.59. The summed E-state index contributed by atoms with van der Waals surface area (Å²) in [5.41, 5.74) is 7.27. The summed E-state index contributed by atoms with van der Waals surface area (Å²) in [6.45, 7) is 1.80. The molecule has 0 radical (unpaired) electrons. The standard InChI is InChI=1S/C18H25N5O3/c19-17(25)14-10-13(23-8-2-1-3-9-23)6-7-15(14)20-11-16(24)22-18(26)21-12-4-5-12/h6-7,10,12,20H,1-5,8-9,11H2,(H2,19,25)(H2,21,22,24,26). The second-order valence-electron chi connectivity index (χ2n) is 6.79. The number of urea groups is 1. The Kier molecular flexibility index (Phi) is 5.60. The van der Waals surface area contributed by atoms with E-state index in [9.17, 15) is 14.4 Å². The van der Waals surface area contributed by atoms with Crippen LogP contribution < -0.4 is 26.6 Å². The molecule has 0 spiro atoms. The first-order valence-corrected chi connectivity index (χ1v) is 9.06. The number of nitrogens with two attached hydrogens (primary N) is 1. The Balaban J connectivity index is 1.59. The van der Waals surface area contributed by atoms with Crippen LogP contribution in [0, 0.1) is 0 Å². The van der Waals surface area contributed by atoms with Gasteiger partial charge in [0.2, 0.25) is 5.91 Å². The molecule has 1 aromatic carbocycles. The lowest BCUT2D eigenvalue weighted by atomic mass is 10.1. The molecule has 5 N–H and O–H groups in total. The van der Waals surface area contributed by atoms with E-state index >= 15 is 0 Å². The number of hydrogen-bond acceptors (Lipinski definition) is 5. The molecular weight excluding hydrogens is 334 g/mol. The van der Waals surface area contributed by atoms with Gasteiger partial charge >= 0.3 is 6.03 Å². The lowest BCUT2D eigenvalue weighted by Gasteiger charge is -2.29. The first kappa shape index (κ1) is 18.0. The third kappa shape index (κ3) is 4.87. The molecule has 2 aliphatic rings. The highest BCUT2D eigenvalue weighted by atomic mass is 16.2. The smallest absolute Gasteiger partial charge is 0.321 e. The molecule has 1 aliphatic carbocycles. The number of amides is 4. The largest absolute Gasteiger partial charge is 0.375 e. The van der Waals surface area contributed by atoms with Crippen molar-refractivity contribution in [1.82, 2.24) is 10.6 Å². The van der Waals surface area contributed by atoms with Crippen molar-refractivity contribution < 1.29 is 14.4 Å². The van der Waals surface area contributed by atoms with Crippen LogP contribution in [0.25, 0.3) is 0 Å². The molecule has 0 aromatic heterocycles. The molecule has 1 saturated heterocycles. The second-order valence-corrected chi connectivity index (χ2v) is 6.79. The molecule has 1 aliphatic heterocycles. The fourth-order valence-electron chi connectivity index (χ4n) is 3.03. The molecular formula is C18H25N5O3. The number of carbonyl (C=O) groups excluding carboxylic acids is 3. The number of nitrogens with zero attached hydrogens (tertiary/aromatic N) is 1. The summed E-state index contributed by atoms with van der Waals surface area (Å²) in [4.78, 5) is 37.5. The summed E-state index contributed by atoms with van der Waals surface area (Å²) >= 11 is 0. The first-order chi connectivity index (χ1) is 12.5. The van der Waals surface area contributed by atoms with E-state index in [4.69, 9.17) is 5.73 Å². The van der Waals surface area contributed by atoms with E-state index in [1.54, 1.807) is 12.1 Å². The monoisotopic (exact) mass is 359 g/mol. The van der Waals surface area contributed by atoms with Crippen LogP contribution in [0.4, 0.5) is 16.2 Å². The Bertz CT molecular complexity index is 696. The lowest BCUT2D eigenvalue weighted by molar-refractivity contribution is -0.118. The normalized spacial score (nSPS) is 16.7. The summed E-state index contributed by atoms with van der Waals surface area (Å²) in [7, 11) is 0. The first-order valence-electron chi connectivity index (χ1n) is 9.06. The molecule has 0 unspecified atom stereocenters. The predicted molar refractivity (Wildman–Crippen MR) is 99.2 cm³/mol. The Hall–Kier alpha value is -2.77. The fourth-order valence-corrected chi connectivity index (χ4v) is 3.03. The van der Waals surface area contributed by atoms with Crippen molar-refractivity contribution in [1.29, 1.82) is 0 Å². The molecule has 8 heteroatoms. The molecule has 26 heavy (non-hydrogen) atoms. The minimum Gasteiger partial charge on any atom is -0.375 e. The molecule has 3 rings (SSSR count). The van der Waals surface area contributed by atoms with Gasteiger partial charge in [0, 0.05) is 30.5 Å². The summed E-state index contributed by atoms with van der Waals surface area (Å²) in [6.07, 6.45) is 5.39. The summed E-state index contributed by atoms with van der Waals surface area (Å²) in [5, 5.41) is 7.82. The summed E-state index contributed by atoms with van der Waals surface area (Å²) < 4.78 is 0. The van der Waals surface area contributed by atoms with Gasteiger partial charge in [0.1, 0.15) is 0 Å². The number of nitrogens with one attached hydrogen (secondary N) is 3. The topological polar surface area (TPSA) is 117 Å². The lowest BCUT2D eigenvalue weighted by Crippen LogP contribution is -2.42. The molecule has 1 heterocycles. The van der Waals surface area contributed by atoms with E-state index in [2.05, 4.69) is 20.9 Å². The maximum absolute atomic E-state index is 11.9. The average Bonchev–Trinajstić information content (AvgIpc) is 3.44. The molecule has 1 aromatic rings. The molecule has 4 amide bonds. The predicted octanol–water partition coefficient (Wildman–Crippen LogP) is 1.18. The van der Waals surface area contributed by atoms with Crippen LogP contribution in [0.3, 0.4) is 0 Å². The van der Waals surface area contributed by atoms with Crippen molar-refractivity contribution in [3.63, 3.8) is 0 Å². The van der Waals surface area contributed by atoms with Crippen molar-refractivity contribution in [2.45, 2.75) is 38.1 Å². The second kappa shape index (κ2) is 8.07. The number of piperidine rings is 1. The van der Waals surface area contributed by atoms with Crippen LogP contribution >= 0.6 is 0 Å². The van der Waals surface area contributed by atoms with Gasteiger partial charge in [-0.2, -0.15) is 0 Å². The maximum Gasteiger partial charge on any atom is 0.321 e. The van der Waals surface area contributed by atoms with Gasteiger partial charge < -0.3 is 21.3 Å². The van der Waals surface area contributed by atoms with E-state index in [0.717, 1.165) is 44.5 Å². The number of primary amides is 1. The number of anilines is 2. The van der Waals surface area contributed by atoms with E-state index < -0.39 is 17.8 Å². The van der Waals surface area contributed by atoms with Crippen LogP contribution in [0.2, 0.25) is 0 Å². The van der Waals surface area contributed by atoms with Crippen LogP contribution in [-0.4, -0.2) is 43.5 Å². The van der Waals surface area contributed by atoms with Gasteiger partial charge in [-0.25, -0.2) is 4.79 Å². The number of carbonyl (C=O) groups is 3. The van der Waals surface area contributed by atoms with E-state index in [-0.39, 0.29) is 12.6 Å². The fraction of sp³-hybridized carbons (Fsp3) is 0.500. The van der Waals surface area contributed by atoms with Crippen LogP contribution in [0.15, 0.2) is 18.2 Å². The molecule has 140 valence electrons. The van der Waals surface area contributed by atoms with Gasteiger partial charge in [-0.3, -0.25) is 14.9 Å². The zero-order valence-electron chi connectivity index (χ0n) is 14.7. The quantitative estimate of drug-likeness (QED) is 0.608. The summed E-state index contributed by atoms with van der Waals surface area (Å²) in [6, 6.07) is 5.11. The van der Waals surface area contributed by atoms with Gasteiger partial charge in [0.05, 0.1) is 12.1 Å². The highest BCUT2D eigenvalue weighted by molar-refractivity contribution is 6.01. The molecule has 0 bridgehead atoms. The van der Waals surface area contributed by atoms with Gasteiger partial charge in [-0.15, -0.1) is 0 Å². The Morgan fingerprint density at radius 2 is 1.85 bits per heavy atom. The van der Waals surface area contributed by atoms with Gasteiger partial charge in [-0.05, 0) is 50.3 Å². The van der Waals surface area contributed by atoms with Crippen LogP contribution in [-0.2, 0) is 4.79 Å². The van der Waals surface area contributed by atoms with Crippen LogP contribution in [0.1, 0.15) is 42.5 Å². The highest BCUT2D eigenvalue weighted by Crippen LogP contribution is 2.25. The molecule has 8 nitrogen and oxygen atoms in total. The minimum absolute atomic E-state index is 0.124. The maximum atomic E-state index is 11.9.